The van der Waals surface area contributed by atoms with Gasteiger partial charge in [0, 0.05) is 0 Å². The molecule has 0 atom stereocenters. The van der Waals surface area contributed by atoms with Crippen molar-refractivity contribution < 1.29 is 26.7 Å². The molecule has 112 valence electrons. The molecule has 0 radical (unpaired) electrons. The maximum Gasteiger partial charge on any atom is 0.407 e. The molecule has 0 aliphatic heterocycles. The fourth-order valence-corrected chi connectivity index (χ4v) is 3.74. The van der Waals surface area contributed by atoms with Crippen LogP contribution < -0.4 is 4.72 Å². The number of nitrogens with one attached hydrogen (secondary N) is 1. The number of rotatable bonds is 4. The fraction of sp³-hybridized carbons (Fsp3) is 0.500. The van der Waals surface area contributed by atoms with Crippen molar-refractivity contribution in [3.63, 3.8) is 0 Å². The van der Waals surface area contributed by atoms with Gasteiger partial charge < -0.3 is 5.11 Å². The van der Waals surface area contributed by atoms with Crippen molar-refractivity contribution in [2.24, 2.45) is 0 Å². The Morgan fingerprint density at radius 2 is 1.95 bits per heavy atom. The van der Waals surface area contributed by atoms with Crippen LogP contribution in [0.2, 0.25) is 0 Å². The molecule has 2 rings (SSSR count). The number of aliphatic hydroxyl groups excluding tert-OH is 1. The van der Waals surface area contributed by atoms with Gasteiger partial charge in [-0.2, -0.15) is 17.9 Å². The molecule has 1 aliphatic rings. The average molecular weight is 309 g/mol. The van der Waals surface area contributed by atoms with E-state index in [1.807, 2.05) is 0 Å². The van der Waals surface area contributed by atoms with Gasteiger partial charge in [0.05, 0.1) is 11.5 Å². The number of halogens is 3. The number of sulfonamides is 1. The molecule has 1 aromatic rings. The predicted octanol–water partition coefficient (Wildman–Crippen LogP) is 1.86. The lowest BCUT2D eigenvalue weighted by molar-refractivity contribution is -0.160. The van der Waals surface area contributed by atoms with Gasteiger partial charge >= 0.3 is 6.18 Å². The molecule has 4 nitrogen and oxygen atoms in total. The van der Waals surface area contributed by atoms with Gasteiger partial charge in [0.1, 0.15) is 5.54 Å². The first kappa shape index (κ1) is 15.3. The van der Waals surface area contributed by atoms with Crippen molar-refractivity contribution in [2.75, 3.05) is 0 Å². The van der Waals surface area contributed by atoms with E-state index >= 15 is 0 Å². The zero-order chi connectivity index (χ0) is 15.2. The van der Waals surface area contributed by atoms with Crippen molar-refractivity contribution in [1.82, 2.24) is 4.72 Å². The number of hydrogen-bond donors (Lipinski definition) is 2. The predicted molar refractivity (Wildman–Crippen MR) is 65.4 cm³/mol. The highest BCUT2D eigenvalue weighted by atomic mass is 32.2. The zero-order valence-corrected chi connectivity index (χ0v) is 11.5. The summed E-state index contributed by atoms with van der Waals surface area (Å²) in [6, 6.07) is 4.13. The van der Waals surface area contributed by atoms with E-state index in [4.69, 9.17) is 5.11 Å². The highest BCUT2D eigenvalue weighted by molar-refractivity contribution is 7.89. The zero-order valence-electron chi connectivity index (χ0n) is 10.7. The molecule has 1 saturated carbocycles. The SMILES string of the molecule is Cc1c(CO)cccc1S(=O)(=O)NC1(C(F)(F)F)CC1. The normalized spacial score (nSPS) is 18.1. The Hall–Kier alpha value is -1.12. The third-order valence-electron chi connectivity index (χ3n) is 3.48. The van der Waals surface area contributed by atoms with Gasteiger partial charge in [0.2, 0.25) is 10.0 Å². The van der Waals surface area contributed by atoms with Crippen molar-refractivity contribution in [3.05, 3.63) is 29.3 Å². The lowest BCUT2D eigenvalue weighted by Crippen LogP contribution is -2.47. The van der Waals surface area contributed by atoms with Crippen LogP contribution in [-0.2, 0) is 16.6 Å². The molecule has 0 unspecified atom stereocenters. The van der Waals surface area contributed by atoms with Gasteiger partial charge in [-0.05, 0) is 37.0 Å². The number of aliphatic hydroxyl groups is 1. The molecular formula is C12H14F3NO3S. The van der Waals surface area contributed by atoms with Crippen LogP contribution >= 0.6 is 0 Å². The Morgan fingerprint density at radius 1 is 1.35 bits per heavy atom. The van der Waals surface area contributed by atoms with E-state index in [2.05, 4.69) is 0 Å². The standard InChI is InChI=1S/C12H14F3NO3S/c1-8-9(7-17)3-2-4-10(8)20(18,19)16-11(5-6-11)12(13,14)15/h2-4,16-17H,5-7H2,1H3. The van der Waals surface area contributed by atoms with Crippen LogP contribution in [0.3, 0.4) is 0 Å². The Balaban J connectivity index is 2.38. The van der Waals surface area contributed by atoms with Crippen molar-refractivity contribution in [2.45, 2.75) is 43.0 Å². The van der Waals surface area contributed by atoms with Crippen molar-refractivity contribution in [3.8, 4) is 0 Å². The minimum Gasteiger partial charge on any atom is -0.392 e. The van der Waals surface area contributed by atoms with Crippen LogP contribution in [0.25, 0.3) is 0 Å². The summed E-state index contributed by atoms with van der Waals surface area (Å²) in [6.45, 7) is 1.08. The molecular weight excluding hydrogens is 295 g/mol. The van der Waals surface area contributed by atoms with Gasteiger partial charge in [0.15, 0.2) is 0 Å². The van der Waals surface area contributed by atoms with E-state index < -0.39 is 21.7 Å². The van der Waals surface area contributed by atoms with E-state index in [-0.39, 0.29) is 29.9 Å². The minimum atomic E-state index is -4.61. The van der Waals surface area contributed by atoms with E-state index in [1.165, 1.54) is 25.1 Å². The second kappa shape index (κ2) is 4.71. The van der Waals surface area contributed by atoms with E-state index in [1.54, 1.807) is 4.72 Å². The first-order valence-corrected chi connectivity index (χ1v) is 7.41. The summed E-state index contributed by atoms with van der Waals surface area (Å²) < 4.78 is 64.5. The third-order valence-corrected chi connectivity index (χ3v) is 5.16. The summed E-state index contributed by atoms with van der Waals surface area (Å²) >= 11 is 0. The molecule has 1 fully saturated rings. The van der Waals surface area contributed by atoms with Crippen LogP contribution in [0.1, 0.15) is 24.0 Å². The van der Waals surface area contributed by atoms with Gasteiger partial charge in [-0.25, -0.2) is 8.42 Å². The second-order valence-corrected chi connectivity index (χ2v) is 6.53. The summed E-state index contributed by atoms with van der Waals surface area (Å²) in [4.78, 5) is -0.237. The molecule has 0 aromatic heterocycles. The van der Waals surface area contributed by atoms with Crippen LogP contribution in [0.15, 0.2) is 23.1 Å². The topological polar surface area (TPSA) is 66.4 Å². The lowest BCUT2D eigenvalue weighted by Gasteiger charge is -2.21. The van der Waals surface area contributed by atoms with Gasteiger partial charge in [0.25, 0.3) is 0 Å². The smallest absolute Gasteiger partial charge is 0.392 e. The first-order chi connectivity index (χ1) is 9.13. The quantitative estimate of drug-likeness (QED) is 0.892. The summed E-state index contributed by atoms with van der Waals surface area (Å²) in [5, 5.41) is 9.09. The molecule has 1 aromatic carbocycles. The molecule has 0 saturated heterocycles. The summed E-state index contributed by atoms with van der Waals surface area (Å²) in [7, 11) is -4.28. The highest BCUT2D eigenvalue weighted by Crippen LogP contribution is 2.49. The van der Waals surface area contributed by atoms with Crippen LogP contribution in [0.4, 0.5) is 13.2 Å². The summed E-state index contributed by atoms with van der Waals surface area (Å²) in [5.41, 5.74) is -1.72. The highest BCUT2D eigenvalue weighted by Gasteiger charge is 2.65. The molecule has 20 heavy (non-hydrogen) atoms. The molecule has 0 amide bonds. The molecule has 1 aliphatic carbocycles. The van der Waals surface area contributed by atoms with E-state index in [0.29, 0.717) is 5.56 Å². The van der Waals surface area contributed by atoms with Crippen LogP contribution in [0.5, 0.6) is 0 Å². The molecule has 2 N–H and O–H groups in total. The fourth-order valence-electron chi connectivity index (χ4n) is 2.00. The van der Waals surface area contributed by atoms with Gasteiger partial charge in [-0.3, -0.25) is 0 Å². The van der Waals surface area contributed by atoms with Gasteiger partial charge in [-0.15, -0.1) is 0 Å². The van der Waals surface area contributed by atoms with Crippen LogP contribution in [-0.4, -0.2) is 25.2 Å². The largest absolute Gasteiger partial charge is 0.407 e. The maximum atomic E-state index is 12.8. The minimum absolute atomic E-state index is 0.237. The average Bonchev–Trinajstić information content (AvgIpc) is 3.08. The summed E-state index contributed by atoms with van der Waals surface area (Å²) in [6.07, 6.45) is -5.12. The monoisotopic (exact) mass is 309 g/mol. The Bertz CT molecular complexity index is 621. The molecule has 8 heteroatoms. The lowest BCUT2D eigenvalue weighted by atomic mass is 10.1. The third kappa shape index (κ3) is 2.55. The van der Waals surface area contributed by atoms with E-state index in [9.17, 15) is 21.6 Å². The van der Waals surface area contributed by atoms with Crippen LogP contribution in [0, 0.1) is 6.92 Å². The Labute approximate surface area is 114 Å². The summed E-state index contributed by atoms with van der Waals surface area (Å²) in [5.74, 6) is 0. The molecule has 0 bridgehead atoms. The number of hydrogen-bond acceptors (Lipinski definition) is 3. The molecule has 0 spiro atoms. The maximum absolute atomic E-state index is 12.8. The second-order valence-electron chi connectivity index (χ2n) is 4.88. The number of alkyl halides is 3. The first-order valence-electron chi connectivity index (χ1n) is 5.93. The molecule has 0 heterocycles. The van der Waals surface area contributed by atoms with Crippen molar-refractivity contribution >= 4 is 10.0 Å². The van der Waals surface area contributed by atoms with Gasteiger partial charge in [-0.1, -0.05) is 12.1 Å². The number of benzene rings is 1. The Morgan fingerprint density at radius 3 is 2.40 bits per heavy atom. The van der Waals surface area contributed by atoms with E-state index in [0.717, 1.165) is 0 Å². The Kier molecular flexibility index (Phi) is 3.60. The van der Waals surface area contributed by atoms with Crippen molar-refractivity contribution in [1.29, 1.82) is 0 Å².